The lowest BCUT2D eigenvalue weighted by atomic mass is 9.87. The van der Waals surface area contributed by atoms with Crippen LogP contribution in [0.5, 0.6) is 0 Å². The molecule has 5 aromatic rings. The van der Waals surface area contributed by atoms with E-state index in [1.807, 2.05) is 204 Å². The minimum atomic E-state index is 0. The van der Waals surface area contributed by atoms with E-state index in [4.69, 9.17) is 4.74 Å². The van der Waals surface area contributed by atoms with Crippen LogP contribution in [0.4, 0.5) is 0 Å². The number of aromatic nitrogens is 5. The molecule has 0 spiro atoms. The Kier molecular flexibility index (Phi) is 101. The van der Waals surface area contributed by atoms with Crippen LogP contribution in [-0.2, 0) is 9.53 Å². The summed E-state index contributed by atoms with van der Waals surface area (Å²) in [6.45, 7) is 80.5. The van der Waals surface area contributed by atoms with Gasteiger partial charge in [0.2, 0.25) is 5.91 Å². The van der Waals surface area contributed by atoms with Crippen LogP contribution in [0.3, 0.4) is 0 Å². The van der Waals surface area contributed by atoms with Crippen molar-refractivity contribution >= 4 is 5.91 Å². The quantitative estimate of drug-likeness (QED) is 0.126. The second-order valence-electron chi connectivity index (χ2n) is 23.6. The summed E-state index contributed by atoms with van der Waals surface area (Å²) < 4.78 is 5.17. The molecule has 4 aromatic heterocycles. The fourth-order valence-corrected chi connectivity index (χ4v) is 7.97. The molecule has 4 aliphatic rings. The van der Waals surface area contributed by atoms with Crippen molar-refractivity contribution < 1.29 is 9.53 Å². The maximum Gasteiger partial charge on any atom is 0.220 e. The number of carbonyl (C=O) groups is 1. The number of ether oxygens (including phenoxy) is 1. The molecule has 7 heterocycles. The Morgan fingerprint density at radius 2 is 0.887 bits per heavy atom. The molecular formula is C88H169N7O2. The van der Waals surface area contributed by atoms with E-state index in [9.17, 15) is 4.79 Å². The first-order valence-corrected chi connectivity index (χ1v) is 38.8. The lowest BCUT2D eigenvalue weighted by Gasteiger charge is -2.24. The van der Waals surface area contributed by atoms with Crippen molar-refractivity contribution in [2.75, 3.05) is 32.8 Å². The highest BCUT2D eigenvalue weighted by Crippen LogP contribution is 2.35. The van der Waals surface area contributed by atoms with Crippen LogP contribution in [-0.4, -0.2) is 63.9 Å². The number of H-pyrrole nitrogens is 1. The highest BCUT2D eigenvalue weighted by Gasteiger charge is 2.24. The molecule has 568 valence electrons. The van der Waals surface area contributed by atoms with Gasteiger partial charge in [-0.25, -0.2) is 0 Å². The Hall–Kier alpha value is -5.25. The number of piperidine rings is 1. The predicted molar refractivity (Wildman–Crippen MR) is 444 cm³/mol. The Morgan fingerprint density at radius 1 is 0.423 bits per heavy atom. The van der Waals surface area contributed by atoms with E-state index in [2.05, 4.69) is 203 Å². The maximum absolute atomic E-state index is 10.9. The molecule has 2 fully saturated rings. The van der Waals surface area contributed by atoms with Crippen LogP contribution in [0.15, 0.2) is 139 Å². The summed E-state index contributed by atoms with van der Waals surface area (Å²) in [5.74, 6) is 8.05. The van der Waals surface area contributed by atoms with Gasteiger partial charge in [0, 0.05) is 62.4 Å². The molecule has 9 nitrogen and oxygen atoms in total. The minimum absolute atomic E-state index is 0. The molecule has 1 amide bonds. The van der Waals surface area contributed by atoms with Crippen LogP contribution < -0.4 is 10.6 Å². The zero-order chi connectivity index (χ0) is 76.3. The molecular weight excluding hydrogens is 1190 g/mol. The SMILES string of the molecule is C.CC.CC.CC.CC.CC.CC.CC.CC.CC.CC(C)C1=CCNCC1.CC(C)C1=CCOCC1.CC(C)C1CC1.CC(C)C1CCNC(=O)C1.CC(C)c1ccccc1.CC(C)c1ccccn1.CC(C)c1cccnc1.CC(C)c1ccncc1.CC(C)c1cn[nH]c1. The third kappa shape index (κ3) is 73.3. The third-order valence-electron chi connectivity index (χ3n) is 14.0. The molecule has 9 heteroatoms. The van der Waals surface area contributed by atoms with Gasteiger partial charge in [-0.3, -0.25) is 24.8 Å². The number of carbonyl (C=O) groups excluding carboxylic acids is 1. The number of nitrogens with one attached hydrogen (secondary N) is 3. The van der Waals surface area contributed by atoms with Crippen molar-refractivity contribution in [3.63, 3.8) is 0 Å². The number of benzene rings is 1. The van der Waals surface area contributed by atoms with Gasteiger partial charge in [-0.2, -0.15) is 5.10 Å². The van der Waals surface area contributed by atoms with Crippen LogP contribution in [0.1, 0.15) is 353 Å². The topological polar surface area (TPSA) is 118 Å². The van der Waals surface area contributed by atoms with E-state index >= 15 is 0 Å². The van der Waals surface area contributed by atoms with E-state index in [-0.39, 0.29) is 13.3 Å². The fraction of sp³-hybridized carbons (Fsp3) is 0.670. The van der Waals surface area contributed by atoms with Crippen LogP contribution in [0.2, 0.25) is 0 Å². The summed E-state index contributed by atoms with van der Waals surface area (Å²) in [6.07, 6.45) is 24.7. The summed E-state index contributed by atoms with van der Waals surface area (Å²) in [7, 11) is 0. The van der Waals surface area contributed by atoms with Gasteiger partial charge in [0.15, 0.2) is 0 Å². The Labute approximate surface area is 608 Å². The summed E-state index contributed by atoms with van der Waals surface area (Å²) >= 11 is 0. The molecule has 1 aromatic carbocycles. The number of pyridine rings is 3. The van der Waals surface area contributed by atoms with Gasteiger partial charge < -0.3 is 15.4 Å². The van der Waals surface area contributed by atoms with Gasteiger partial charge in [-0.05, 0) is 156 Å². The van der Waals surface area contributed by atoms with Gasteiger partial charge in [0.05, 0.1) is 19.4 Å². The molecule has 1 unspecified atom stereocenters. The third-order valence-corrected chi connectivity index (χ3v) is 14.0. The molecule has 1 aliphatic carbocycles. The smallest absolute Gasteiger partial charge is 0.220 e. The zero-order valence-electron chi connectivity index (χ0n) is 70.4. The molecule has 3 aliphatic heterocycles. The maximum atomic E-state index is 10.9. The monoisotopic (exact) mass is 1360 g/mol. The molecule has 1 saturated carbocycles. The molecule has 9 rings (SSSR count). The first kappa shape index (κ1) is 113. The molecule has 0 radical (unpaired) electrons. The number of hydrogen-bond acceptors (Lipinski definition) is 7. The lowest BCUT2D eigenvalue weighted by Crippen LogP contribution is -2.35. The Morgan fingerprint density at radius 3 is 1.13 bits per heavy atom. The minimum Gasteiger partial charge on any atom is -0.377 e. The average molecular weight is 1360 g/mol. The van der Waals surface area contributed by atoms with Crippen molar-refractivity contribution in [3.05, 3.63) is 167 Å². The predicted octanol–water partition coefficient (Wildman–Crippen LogP) is 27.6. The van der Waals surface area contributed by atoms with Crippen molar-refractivity contribution in [2.24, 2.45) is 35.5 Å². The first-order chi connectivity index (χ1) is 46.1. The lowest BCUT2D eigenvalue weighted by molar-refractivity contribution is -0.123. The van der Waals surface area contributed by atoms with Crippen LogP contribution in [0, 0.1) is 35.5 Å². The van der Waals surface area contributed by atoms with Crippen molar-refractivity contribution in [1.29, 1.82) is 0 Å². The largest absolute Gasteiger partial charge is 0.377 e. The van der Waals surface area contributed by atoms with Gasteiger partial charge in [0.1, 0.15) is 0 Å². The molecule has 1 atom stereocenters. The number of hydrogen-bond donors (Lipinski definition) is 3. The zero-order valence-corrected chi connectivity index (χ0v) is 70.4. The van der Waals surface area contributed by atoms with Crippen molar-refractivity contribution in [1.82, 2.24) is 35.8 Å². The summed E-state index contributed by atoms with van der Waals surface area (Å²) in [6, 6.07) is 24.7. The van der Waals surface area contributed by atoms with Gasteiger partial charge in [-0.15, -0.1) is 0 Å². The van der Waals surface area contributed by atoms with E-state index < -0.39 is 0 Å². The number of nitrogens with zero attached hydrogens (tertiary/aromatic N) is 4. The molecule has 1 saturated heterocycles. The van der Waals surface area contributed by atoms with Crippen molar-refractivity contribution in [2.45, 2.75) is 325 Å². The van der Waals surface area contributed by atoms with Crippen LogP contribution in [0.25, 0.3) is 0 Å². The number of rotatable bonds is 9. The van der Waals surface area contributed by atoms with Gasteiger partial charge >= 0.3 is 0 Å². The Balaban J connectivity index is -0.000000106. The van der Waals surface area contributed by atoms with E-state index in [1.165, 1.54) is 48.1 Å². The fourth-order valence-electron chi connectivity index (χ4n) is 7.97. The number of aromatic amines is 1. The molecule has 3 N–H and O–H groups in total. The highest BCUT2D eigenvalue weighted by atomic mass is 16.5. The summed E-state index contributed by atoms with van der Waals surface area (Å²) in [5.41, 5.74) is 9.68. The summed E-state index contributed by atoms with van der Waals surface area (Å²) in [4.78, 5) is 23.0. The highest BCUT2D eigenvalue weighted by molar-refractivity contribution is 5.76. The van der Waals surface area contributed by atoms with Crippen LogP contribution >= 0.6 is 0 Å². The Bertz CT molecular complexity index is 2010. The number of amides is 1. The second kappa shape index (κ2) is 86.8. The standard InChI is InChI=1S/C9H12.C8H15NO.C8H15N.3C8H11N.C8H14O.C6H10N2.C6H12.9C2H6.CH4/c1-8(2)9-6-4-3-5-7-9;1-6(2)7-3-4-9-8(10)5-7;2*1-7(2)8-3-5-9-6-4-8;1-7(2)8-4-3-5-9-6-8;1-7(2)8-5-3-4-6-9-8;1-7(2)8-3-5-9-6-4-8;1-5(2)6-3-7-8-4-6;1-5(2)6-3-4-6;9*1-2;/h3-8H,1-2H3;6-7H,3-5H2,1-2H3,(H,9,10);3,7,9H,4-6H2,1-2H3;3*3-7H,1-2H3;3,7H,4-6H2,1-2H3;3-5H,1-2H3,(H,7,8);5-6H,3-4H2,1-2H3;9*1-2H3;1H4. The van der Waals surface area contributed by atoms with E-state index in [0.717, 1.165) is 69.0 Å². The second-order valence-corrected chi connectivity index (χ2v) is 23.6. The summed E-state index contributed by atoms with van der Waals surface area (Å²) in [5, 5.41) is 12.7. The van der Waals surface area contributed by atoms with Gasteiger partial charge in [-0.1, -0.05) is 322 Å². The van der Waals surface area contributed by atoms with E-state index in [1.54, 1.807) is 17.3 Å². The molecule has 0 bridgehead atoms. The first-order valence-electron chi connectivity index (χ1n) is 38.8. The van der Waals surface area contributed by atoms with Gasteiger partial charge in [0.25, 0.3) is 0 Å². The normalized spacial score (nSPS) is 13.0. The van der Waals surface area contributed by atoms with E-state index in [0.29, 0.717) is 47.3 Å². The molecule has 97 heavy (non-hydrogen) atoms. The van der Waals surface area contributed by atoms with Crippen molar-refractivity contribution in [3.8, 4) is 0 Å². The average Bonchev–Trinajstić information content (AvgIpc) is 2.32.